The van der Waals surface area contributed by atoms with E-state index in [2.05, 4.69) is 4.90 Å². The first-order valence-electron chi connectivity index (χ1n) is 7.40. The van der Waals surface area contributed by atoms with E-state index in [1.165, 1.54) is 6.42 Å². The number of hydrogen-bond donors (Lipinski definition) is 1. The molecule has 104 valence electrons. The van der Waals surface area contributed by atoms with Crippen LogP contribution in [0.3, 0.4) is 0 Å². The van der Waals surface area contributed by atoms with Gasteiger partial charge in [-0.3, -0.25) is 9.69 Å². The van der Waals surface area contributed by atoms with Crippen LogP contribution in [0.5, 0.6) is 0 Å². The minimum Gasteiger partial charge on any atom is -0.392 e. The van der Waals surface area contributed by atoms with Gasteiger partial charge in [0.25, 0.3) is 0 Å². The fourth-order valence-corrected chi connectivity index (χ4v) is 2.71. The molecule has 0 aromatic carbocycles. The van der Waals surface area contributed by atoms with E-state index in [4.69, 9.17) is 0 Å². The van der Waals surface area contributed by atoms with Crippen molar-refractivity contribution in [1.82, 2.24) is 9.80 Å². The molecule has 1 aliphatic carbocycles. The molecule has 1 amide bonds. The second kappa shape index (κ2) is 6.53. The largest absolute Gasteiger partial charge is 0.392 e. The van der Waals surface area contributed by atoms with Crippen LogP contribution in [-0.4, -0.2) is 59.6 Å². The molecule has 18 heavy (non-hydrogen) atoms. The highest BCUT2D eigenvalue weighted by Gasteiger charge is 2.30. The van der Waals surface area contributed by atoms with Crippen LogP contribution >= 0.6 is 0 Å². The number of hydrogen-bond acceptors (Lipinski definition) is 3. The summed E-state index contributed by atoms with van der Waals surface area (Å²) >= 11 is 0. The maximum Gasteiger partial charge on any atom is 0.225 e. The van der Waals surface area contributed by atoms with Crippen LogP contribution in [0.4, 0.5) is 0 Å². The molecule has 0 aromatic rings. The first kappa shape index (κ1) is 13.8. The summed E-state index contributed by atoms with van der Waals surface area (Å²) < 4.78 is 0. The number of nitrogens with zero attached hydrogens (tertiary/aromatic N) is 2. The minimum atomic E-state index is -0.223. The molecule has 1 saturated heterocycles. The summed E-state index contributed by atoms with van der Waals surface area (Å²) in [5.74, 6) is 0.692. The summed E-state index contributed by atoms with van der Waals surface area (Å²) in [6, 6.07) is 0. The second-order valence-electron chi connectivity index (χ2n) is 5.67. The van der Waals surface area contributed by atoms with Crippen molar-refractivity contribution in [3.8, 4) is 0 Å². The molecule has 2 fully saturated rings. The molecule has 4 heteroatoms. The lowest BCUT2D eigenvalue weighted by Gasteiger charge is -2.31. The summed E-state index contributed by atoms with van der Waals surface area (Å²) in [6.45, 7) is 6.41. The number of carbonyl (C=O) groups is 1. The zero-order valence-electron chi connectivity index (χ0n) is 11.5. The van der Waals surface area contributed by atoms with Crippen LogP contribution < -0.4 is 0 Å². The molecule has 1 heterocycles. The molecule has 1 N–H and O–H groups in total. The molecular formula is C14H26N2O2. The zero-order valence-corrected chi connectivity index (χ0v) is 11.5. The highest BCUT2D eigenvalue weighted by Crippen LogP contribution is 2.28. The van der Waals surface area contributed by atoms with Crippen LogP contribution in [-0.2, 0) is 4.79 Å². The van der Waals surface area contributed by atoms with E-state index in [9.17, 15) is 9.90 Å². The lowest BCUT2D eigenvalue weighted by atomic mass is 9.84. The van der Waals surface area contributed by atoms with Crippen molar-refractivity contribution in [2.45, 2.75) is 45.1 Å². The van der Waals surface area contributed by atoms with Crippen LogP contribution in [0.1, 0.15) is 39.0 Å². The van der Waals surface area contributed by atoms with Crippen LogP contribution in [0.25, 0.3) is 0 Å². The van der Waals surface area contributed by atoms with Gasteiger partial charge in [0.2, 0.25) is 5.91 Å². The zero-order chi connectivity index (χ0) is 13.0. The Labute approximate surface area is 110 Å². The van der Waals surface area contributed by atoms with E-state index in [-0.39, 0.29) is 6.10 Å². The number of β-amino-alcohol motifs (C(OH)–C–C–N with tert-alkyl or cyclic N) is 1. The average molecular weight is 254 g/mol. The quantitative estimate of drug-likeness (QED) is 0.817. The van der Waals surface area contributed by atoms with Gasteiger partial charge in [-0.15, -0.1) is 0 Å². The highest BCUT2D eigenvalue weighted by molar-refractivity contribution is 5.79. The summed E-state index contributed by atoms with van der Waals surface area (Å²) in [4.78, 5) is 16.5. The standard InChI is InChI=1S/C14H26N2O2/c1-2-13(17)11-15-7-4-8-16(10-9-15)14(18)12-5-3-6-12/h12-13,17H,2-11H2,1H3. The monoisotopic (exact) mass is 254 g/mol. The van der Waals surface area contributed by atoms with Gasteiger partial charge in [-0.2, -0.15) is 0 Å². The summed E-state index contributed by atoms with van der Waals surface area (Å²) in [5.41, 5.74) is 0. The Morgan fingerprint density at radius 1 is 1.22 bits per heavy atom. The van der Waals surface area contributed by atoms with Crippen LogP contribution in [0.2, 0.25) is 0 Å². The van der Waals surface area contributed by atoms with E-state index in [0.29, 0.717) is 11.8 Å². The molecule has 1 atom stereocenters. The minimum absolute atomic E-state index is 0.223. The van der Waals surface area contributed by atoms with Crippen LogP contribution in [0, 0.1) is 5.92 Å². The van der Waals surface area contributed by atoms with E-state index in [1.807, 2.05) is 11.8 Å². The Hall–Kier alpha value is -0.610. The number of aliphatic hydroxyl groups excluding tert-OH is 1. The van der Waals surface area contributed by atoms with Gasteiger partial charge in [0.05, 0.1) is 6.10 Å². The van der Waals surface area contributed by atoms with E-state index in [0.717, 1.165) is 58.4 Å². The topological polar surface area (TPSA) is 43.8 Å². The van der Waals surface area contributed by atoms with Crippen molar-refractivity contribution in [2.75, 3.05) is 32.7 Å². The molecule has 4 nitrogen and oxygen atoms in total. The Morgan fingerprint density at radius 2 is 2.00 bits per heavy atom. The Kier molecular flexibility index (Phi) is 5.01. The van der Waals surface area contributed by atoms with Crippen molar-refractivity contribution in [1.29, 1.82) is 0 Å². The fourth-order valence-electron chi connectivity index (χ4n) is 2.71. The van der Waals surface area contributed by atoms with Gasteiger partial charge >= 0.3 is 0 Å². The third-order valence-corrected chi connectivity index (χ3v) is 4.29. The molecule has 1 aliphatic heterocycles. The molecule has 1 unspecified atom stereocenters. The van der Waals surface area contributed by atoms with Crippen molar-refractivity contribution < 1.29 is 9.90 Å². The van der Waals surface area contributed by atoms with Crippen molar-refractivity contribution >= 4 is 5.91 Å². The molecule has 0 aromatic heterocycles. The normalized spacial score (nSPS) is 24.4. The molecular weight excluding hydrogens is 228 g/mol. The summed E-state index contributed by atoms with van der Waals surface area (Å²) in [5, 5.41) is 9.69. The predicted octanol–water partition coefficient (Wildman–Crippen LogP) is 1.09. The maximum atomic E-state index is 12.2. The van der Waals surface area contributed by atoms with Gasteiger partial charge in [0.15, 0.2) is 0 Å². The molecule has 0 spiro atoms. The van der Waals surface area contributed by atoms with Crippen molar-refractivity contribution in [3.63, 3.8) is 0 Å². The Bertz CT molecular complexity index is 279. The maximum absolute atomic E-state index is 12.2. The highest BCUT2D eigenvalue weighted by atomic mass is 16.3. The first-order valence-corrected chi connectivity index (χ1v) is 7.40. The SMILES string of the molecule is CCC(O)CN1CCCN(C(=O)C2CCC2)CC1. The van der Waals surface area contributed by atoms with Crippen LogP contribution in [0.15, 0.2) is 0 Å². The smallest absolute Gasteiger partial charge is 0.225 e. The molecule has 2 rings (SSSR count). The van der Waals surface area contributed by atoms with Gasteiger partial charge < -0.3 is 10.0 Å². The Balaban J connectivity index is 1.78. The molecule has 0 bridgehead atoms. The van der Waals surface area contributed by atoms with Gasteiger partial charge in [-0.1, -0.05) is 13.3 Å². The number of carbonyl (C=O) groups excluding carboxylic acids is 1. The molecule has 0 radical (unpaired) electrons. The number of amides is 1. The van der Waals surface area contributed by atoms with Crippen molar-refractivity contribution in [3.05, 3.63) is 0 Å². The predicted molar refractivity (Wildman–Crippen MR) is 71.3 cm³/mol. The first-order chi connectivity index (χ1) is 8.70. The van der Waals surface area contributed by atoms with E-state index < -0.39 is 0 Å². The number of rotatable bonds is 4. The molecule has 1 saturated carbocycles. The summed E-state index contributed by atoms with van der Waals surface area (Å²) in [7, 11) is 0. The summed E-state index contributed by atoms with van der Waals surface area (Å²) in [6.07, 6.45) is 5.02. The van der Waals surface area contributed by atoms with Gasteiger partial charge in [-0.25, -0.2) is 0 Å². The van der Waals surface area contributed by atoms with Gasteiger partial charge in [0, 0.05) is 32.1 Å². The van der Waals surface area contributed by atoms with Gasteiger partial charge in [0.1, 0.15) is 0 Å². The Morgan fingerprint density at radius 3 is 2.61 bits per heavy atom. The van der Waals surface area contributed by atoms with E-state index in [1.54, 1.807) is 0 Å². The average Bonchev–Trinajstić information content (AvgIpc) is 2.52. The van der Waals surface area contributed by atoms with E-state index >= 15 is 0 Å². The number of aliphatic hydroxyl groups is 1. The molecule has 2 aliphatic rings. The third-order valence-electron chi connectivity index (χ3n) is 4.29. The third kappa shape index (κ3) is 3.45. The van der Waals surface area contributed by atoms with Gasteiger partial charge in [-0.05, 0) is 32.2 Å². The lowest BCUT2D eigenvalue weighted by molar-refractivity contribution is -0.138. The lowest BCUT2D eigenvalue weighted by Crippen LogP contribution is -2.41. The second-order valence-corrected chi connectivity index (χ2v) is 5.67. The fraction of sp³-hybridized carbons (Fsp3) is 0.929. The van der Waals surface area contributed by atoms with Crippen molar-refractivity contribution in [2.24, 2.45) is 5.92 Å².